The summed E-state index contributed by atoms with van der Waals surface area (Å²) in [5.74, 6) is -0.903. The van der Waals surface area contributed by atoms with Gasteiger partial charge in [0.25, 0.3) is 5.91 Å². The van der Waals surface area contributed by atoms with Gasteiger partial charge in [-0.15, -0.1) is 0 Å². The third-order valence-corrected chi connectivity index (χ3v) is 9.48. The van der Waals surface area contributed by atoms with Crippen molar-refractivity contribution in [1.29, 1.82) is 0 Å². The van der Waals surface area contributed by atoms with Gasteiger partial charge in [-0.25, -0.2) is 0 Å². The fourth-order valence-electron chi connectivity index (χ4n) is 5.91. The third kappa shape index (κ3) is 7.05. The fourth-order valence-corrected chi connectivity index (χ4v) is 6.70. The first-order valence-electron chi connectivity index (χ1n) is 16.0. The van der Waals surface area contributed by atoms with Crippen LogP contribution in [0.15, 0.2) is 66.7 Å². The zero-order valence-corrected chi connectivity index (χ0v) is 27.8. The van der Waals surface area contributed by atoms with Gasteiger partial charge in [-0.1, -0.05) is 38.1 Å². The predicted molar refractivity (Wildman–Crippen MR) is 182 cm³/mol. The molecule has 4 N–H and O–H groups in total. The van der Waals surface area contributed by atoms with Gasteiger partial charge in [-0.05, 0) is 72.4 Å². The van der Waals surface area contributed by atoms with Crippen molar-refractivity contribution in [2.24, 2.45) is 5.92 Å². The number of carbonyl (C=O) groups excluding carboxylic acids is 4. The molecule has 3 aliphatic heterocycles. The third-order valence-electron chi connectivity index (χ3n) is 8.66. The number of hydrogen-bond donors (Lipinski definition) is 4. The molecule has 1 saturated heterocycles. The molecule has 7 rings (SSSR count). The van der Waals surface area contributed by atoms with Crippen LogP contribution in [0, 0.1) is 5.92 Å². The molecule has 3 atom stereocenters. The molecular weight excluding hydrogens is 632 g/mol. The van der Waals surface area contributed by atoms with Crippen LogP contribution in [0.25, 0.3) is 10.1 Å². The van der Waals surface area contributed by atoms with Crippen LogP contribution >= 0.6 is 11.5 Å². The van der Waals surface area contributed by atoms with Gasteiger partial charge in [-0.3, -0.25) is 19.2 Å². The minimum atomic E-state index is -1.01. The average molecular weight is 671 g/mol. The number of rotatable bonds is 3. The number of ether oxygens (including phenoxy) is 1. The van der Waals surface area contributed by atoms with Crippen LogP contribution in [0.2, 0.25) is 0 Å². The number of nitrogens with zero attached hydrogens (tertiary/aromatic N) is 3. The highest BCUT2D eigenvalue weighted by Crippen LogP contribution is 2.31. The smallest absolute Gasteiger partial charge is 0.255 e. The van der Waals surface area contributed by atoms with Gasteiger partial charge in [0.2, 0.25) is 17.7 Å². The SMILES string of the molecule is CC(C)[C@@H]1NC(=O)c2cc(ccc2O)Oc2ccc(cc2)C[C@@H](C(=O)N2CCN(c3nsc4ccccc34)CC2)NC(=O)[C@H](C)NC1=O. The van der Waals surface area contributed by atoms with Crippen LogP contribution in [-0.2, 0) is 20.8 Å². The van der Waals surface area contributed by atoms with Crippen molar-refractivity contribution in [2.75, 3.05) is 31.1 Å². The number of aromatic nitrogens is 1. The Labute approximate surface area is 282 Å². The number of nitrogens with one attached hydrogen (secondary N) is 3. The monoisotopic (exact) mass is 670 g/mol. The number of piperazine rings is 1. The van der Waals surface area contributed by atoms with Crippen LogP contribution in [0.1, 0.15) is 36.7 Å². The predicted octanol–water partition coefficient (Wildman–Crippen LogP) is 3.44. The first-order chi connectivity index (χ1) is 23.1. The molecule has 0 radical (unpaired) electrons. The van der Waals surface area contributed by atoms with Gasteiger partial charge in [-0.2, -0.15) is 4.37 Å². The van der Waals surface area contributed by atoms with Gasteiger partial charge in [0.05, 0.1) is 10.3 Å². The quantitative estimate of drug-likeness (QED) is 0.242. The van der Waals surface area contributed by atoms with E-state index in [9.17, 15) is 24.3 Å². The molecule has 48 heavy (non-hydrogen) atoms. The Morgan fingerprint density at radius 3 is 2.35 bits per heavy atom. The number of anilines is 1. The Hall–Kier alpha value is -5.17. The maximum atomic E-state index is 14.0. The molecule has 4 aromatic rings. The number of amides is 4. The van der Waals surface area contributed by atoms with Crippen molar-refractivity contribution < 1.29 is 29.0 Å². The topological polar surface area (TPSA) is 153 Å². The minimum absolute atomic E-state index is 0.0587. The van der Waals surface area contributed by atoms with Gasteiger partial charge in [0.15, 0.2) is 0 Å². The Kier molecular flexibility index (Phi) is 9.49. The van der Waals surface area contributed by atoms with E-state index >= 15 is 0 Å². The first-order valence-corrected chi connectivity index (χ1v) is 16.7. The van der Waals surface area contributed by atoms with E-state index in [2.05, 4.69) is 31.3 Å². The van der Waals surface area contributed by atoms with Crippen molar-refractivity contribution in [3.63, 3.8) is 0 Å². The molecule has 0 saturated carbocycles. The summed E-state index contributed by atoms with van der Waals surface area (Å²) in [6, 6.07) is 16.6. The first kappa shape index (κ1) is 32.8. The summed E-state index contributed by atoms with van der Waals surface area (Å²) in [6.45, 7) is 7.16. The zero-order chi connectivity index (χ0) is 33.9. The molecule has 4 heterocycles. The van der Waals surface area contributed by atoms with E-state index in [4.69, 9.17) is 4.74 Å². The van der Waals surface area contributed by atoms with Gasteiger partial charge in [0.1, 0.15) is 41.2 Å². The molecule has 13 heteroatoms. The number of aromatic hydroxyl groups is 1. The van der Waals surface area contributed by atoms with E-state index in [1.807, 2.05) is 30.3 Å². The number of phenolic OH excluding ortho intramolecular Hbond substituents is 1. The van der Waals surface area contributed by atoms with Crippen LogP contribution in [0.3, 0.4) is 0 Å². The highest BCUT2D eigenvalue weighted by molar-refractivity contribution is 7.13. The van der Waals surface area contributed by atoms with E-state index in [0.717, 1.165) is 21.5 Å². The van der Waals surface area contributed by atoms with E-state index in [-0.39, 0.29) is 29.6 Å². The summed E-state index contributed by atoms with van der Waals surface area (Å²) in [4.78, 5) is 58.0. The normalized spacial score (nSPS) is 20.8. The Morgan fingerprint density at radius 1 is 0.917 bits per heavy atom. The standard InChI is InChI=1S/C35H38N6O6S/c1-20(2)30-34(45)36-21(3)32(43)37-27(35(46)41-16-14-40(15-17-41)31-25-6-4-5-7-29(25)48-39-31)18-22-8-10-23(11-9-22)47-24-12-13-28(42)26(19-24)33(44)38-30/h4-13,19-21,27,30,42H,14-18H2,1-3H3,(H,36,45)(H,37,43)(H,38,44)/t21-,27-,30-/m0/s1. The fraction of sp³-hybridized carbons (Fsp3) is 0.343. The maximum absolute atomic E-state index is 14.0. The Morgan fingerprint density at radius 2 is 1.62 bits per heavy atom. The molecule has 1 aromatic heterocycles. The molecule has 4 bridgehead atoms. The van der Waals surface area contributed by atoms with Gasteiger partial charge in [0, 0.05) is 38.0 Å². The highest BCUT2D eigenvalue weighted by atomic mass is 32.1. The molecule has 250 valence electrons. The summed E-state index contributed by atoms with van der Waals surface area (Å²) in [7, 11) is 0. The minimum Gasteiger partial charge on any atom is -0.507 e. The molecule has 0 unspecified atom stereocenters. The van der Waals surface area contributed by atoms with Crippen molar-refractivity contribution in [3.05, 3.63) is 77.9 Å². The lowest BCUT2D eigenvalue weighted by molar-refractivity contribution is -0.137. The largest absolute Gasteiger partial charge is 0.507 e. The van der Waals surface area contributed by atoms with Crippen LogP contribution in [-0.4, -0.2) is 82.3 Å². The van der Waals surface area contributed by atoms with Crippen molar-refractivity contribution in [1.82, 2.24) is 25.2 Å². The van der Waals surface area contributed by atoms with E-state index in [1.54, 1.807) is 30.9 Å². The van der Waals surface area contributed by atoms with E-state index in [0.29, 0.717) is 37.7 Å². The van der Waals surface area contributed by atoms with E-state index < -0.39 is 35.8 Å². The molecule has 1 fully saturated rings. The Balaban J connectivity index is 1.24. The molecule has 12 nitrogen and oxygen atoms in total. The van der Waals surface area contributed by atoms with Crippen LogP contribution < -0.4 is 25.6 Å². The molecule has 4 amide bonds. The lowest BCUT2D eigenvalue weighted by atomic mass is 10.0. The van der Waals surface area contributed by atoms with Crippen LogP contribution in [0.4, 0.5) is 5.82 Å². The van der Waals surface area contributed by atoms with Crippen molar-refractivity contribution >= 4 is 51.1 Å². The van der Waals surface area contributed by atoms with Gasteiger partial charge < -0.3 is 35.6 Å². The number of phenols is 1. The molecule has 0 aliphatic carbocycles. The molecule has 3 aliphatic rings. The summed E-state index contributed by atoms with van der Waals surface area (Å²) < 4.78 is 11.7. The second-order valence-electron chi connectivity index (χ2n) is 12.4. The molecule has 0 spiro atoms. The summed E-state index contributed by atoms with van der Waals surface area (Å²) in [5.41, 5.74) is 0.730. The second-order valence-corrected chi connectivity index (χ2v) is 13.2. The maximum Gasteiger partial charge on any atom is 0.255 e. The number of benzene rings is 3. The van der Waals surface area contributed by atoms with E-state index in [1.165, 1.54) is 36.7 Å². The van der Waals surface area contributed by atoms with Crippen molar-refractivity contribution in [2.45, 2.75) is 45.3 Å². The summed E-state index contributed by atoms with van der Waals surface area (Å²) >= 11 is 1.45. The van der Waals surface area contributed by atoms with Gasteiger partial charge >= 0.3 is 0 Å². The summed E-state index contributed by atoms with van der Waals surface area (Å²) in [5, 5.41) is 19.7. The second kappa shape index (κ2) is 13.9. The zero-order valence-electron chi connectivity index (χ0n) is 26.9. The lowest BCUT2D eigenvalue weighted by Crippen LogP contribution is -2.59. The Bertz CT molecular complexity index is 1830. The molecule has 3 aromatic carbocycles. The van der Waals surface area contributed by atoms with Crippen LogP contribution in [0.5, 0.6) is 17.2 Å². The summed E-state index contributed by atoms with van der Waals surface area (Å²) in [6.07, 6.45) is 0.219. The number of fused-ring (bicyclic) bond motifs is 12. The van der Waals surface area contributed by atoms with Crippen molar-refractivity contribution in [3.8, 4) is 17.2 Å². The average Bonchev–Trinajstić information content (AvgIpc) is 3.52. The highest BCUT2D eigenvalue weighted by Gasteiger charge is 2.33. The lowest BCUT2D eigenvalue weighted by Gasteiger charge is -2.37. The number of carbonyl (C=O) groups is 4. The number of hydrogen-bond acceptors (Lipinski definition) is 9. The molecular formula is C35H38N6O6S.